The van der Waals surface area contributed by atoms with Gasteiger partial charge in [0.1, 0.15) is 0 Å². The monoisotopic (exact) mass is 383 g/mol. The Kier molecular flexibility index (Phi) is 6.65. The molecule has 1 aromatic rings. The maximum atomic E-state index is 4.09. The van der Waals surface area contributed by atoms with Crippen molar-refractivity contribution in [3.05, 3.63) is 58.2 Å². The Bertz CT molecular complexity index is 712. The lowest BCUT2D eigenvalue weighted by Crippen LogP contribution is -2.32. The van der Waals surface area contributed by atoms with E-state index in [9.17, 15) is 0 Å². The van der Waals surface area contributed by atoms with Gasteiger partial charge in [0.2, 0.25) is 0 Å². The molecule has 1 heterocycles. The fourth-order valence-corrected chi connectivity index (χ4v) is 8.88. The predicted molar refractivity (Wildman–Crippen MR) is 122 cm³/mol. The molecule has 2 heteroatoms. The number of rotatable bonds is 6. The van der Waals surface area contributed by atoms with Gasteiger partial charge in [-0.05, 0) is 79.0 Å². The highest BCUT2D eigenvalue weighted by molar-refractivity contribution is 7.57. The lowest BCUT2D eigenvalue weighted by atomic mass is 9.74. The number of allylic oxidation sites excluding steroid dienone is 4. The first kappa shape index (κ1) is 20.8. The quantitative estimate of drug-likeness (QED) is 0.394. The van der Waals surface area contributed by atoms with Crippen molar-refractivity contribution in [2.45, 2.75) is 85.0 Å². The molecule has 0 amide bonds. The van der Waals surface area contributed by atoms with Crippen molar-refractivity contribution in [2.75, 3.05) is 6.54 Å². The van der Waals surface area contributed by atoms with E-state index in [0.29, 0.717) is 11.1 Å². The molecule has 0 spiro atoms. The number of nitrogens with one attached hydrogen (secondary N) is 1. The molecule has 1 N–H and O–H groups in total. The molecule has 1 aliphatic carbocycles. The molecular weight excluding hydrogens is 345 g/mol. The fourth-order valence-electron chi connectivity index (χ4n) is 5.46. The molecule has 1 nitrogen and oxygen atoms in total. The van der Waals surface area contributed by atoms with E-state index < -0.39 is 0 Å². The van der Waals surface area contributed by atoms with E-state index in [-0.39, 0.29) is 8.07 Å². The first-order chi connectivity index (χ1) is 12.8. The highest BCUT2D eigenvalue weighted by Crippen LogP contribution is 2.67. The molecule has 2 unspecified atom stereocenters. The van der Waals surface area contributed by atoms with Crippen LogP contribution in [-0.4, -0.2) is 12.2 Å². The van der Waals surface area contributed by atoms with Gasteiger partial charge in [0, 0.05) is 11.3 Å². The Morgan fingerprint density at radius 1 is 1.07 bits per heavy atom. The summed E-state index contributed by atoms with van der Waals surface area (Å²) in [7, 11) is -0.216. The Hall–Kier alpha value is -0.910. The van der Waals surface area contributed by atoms with Crippen LogP contribution in [0.25, 0.3) is 0 Å². The van der Waals surface area contributed by atoms with E-state index in [1.54, 1.807) is 11.1 Å². The molecule has 1 aromatic carbocycles. The van der Waals surface area contributed by atoms with Crippen molar-refractivity contribution in [1.82, 2.24) is 5.09 Å². The number of unbranched alkanes of at least 4 members (excludes halogenated alkanes) is 1. The van der Waals surface area contributed by atoms with Gasteiger partial charge >= 0.3 is 0 Å². The van der Waals surface area contributed by atoms with Crippen LogP contribution in [0.5, 0.6) is 0 Å². The minimum absolute atomic E-state index is 0.216. The summed E-state index contributed by atoms with van der Waals surface area (Å²) in [6.45, 7) is 15.1. The van der Waals surface area contributed by atoms with Crippen LogP contribution in [-0.2, 0) is 0 Å². The van der Waals surface area contributed by atoms with E-state index in [1.165, 1.54) is 55.3 Å². The first-order valence-corrected chi connectivity index (χ1v) is 12.3. The number of benzene rings is 1. The van der Waals surface area contributed by atoms with Crippen molar-refractivity contribution in [3.63, 3.8) is 0 Å². The van der Waals surface area contributed by atoms with Crippen molar-refractivity contribution >= 4 is 8.07 Å². The Morgan fingerprint density at radius 2 is 1.78 bits per heavy atom. The standard InChI is InChI=1S/C25H38NP/c1-7-8-11-26-27-23(22-14-18(2)12-19(3)15-22)9-10-24(27)25(6)16-20(4)13-21(5)17-25/h12-16,23-24,26H,7-11,17H2,1-6H3/t23-,24-,25?,27?/m0/s1. The third-order valence-corrected chi connectivity index (χ3v) is 9.63. The fraction of sp³-hybridized carbons (Fsp3) is 0.600. The topological polar surface area (TPSA) is 12.0 Å². The minimum atomic E-state index is -0.216. The van der Waals surface area contributed by atoms with Crippen molar-refractivity contribution in [2.24, 2.45) is 5.41 Å². The number of hydrogen-bond acceptors (Lipinski definition) is 1. The van der Waals surface area contributed by atoms with Gasteiger partial charge in [-0.25, -0.2) is 0 Å². The van der Waals surface area contributed by atoms with Crippen LogP contribution < -0.4 is 5.09 Å². The summed E-state index contributed by atoms with van der Waals surface area (Å²) >= 11 is 0. The van der Waals surface area contributed by atoms with E-state index in [2.05, 4.69) is 77.0 Å². The summed E-state index contributed by atoms with van der Waals surface area (Å²) in [5.41, 5.74) is 9.20. The highest BCUT2D eigenvalue weighted by Gasteiger charge is 2.46. The van der Waals surface area contributed by atoms with E-state index >= 15 is 0 Å². The summed E-state index contributed by atoms with van der Waals surface area (Å²) in [6.07, 6.45) is 11.4. The average molecular weight is 384 g/mol. The van der Waals surface area contributed by atoms with Crippen LogP contribution in [0.1, 0.15) is 82.1 Å². The third kappa shape index (κ3) is 4.75. The summed E-state index contributed by atoms with van der Waals surface area (Å²) < 4.78 is 0. The molecule has 27 heavy (non-hydrogen) atoms. The molecule has 1 aliphatic heterocycles. The van der Waals surface area contributed by atoms with Crippen LogP contribution in [0, 0.1) is 19.3 Å². The molecule has 1 saturated heterocycles. The second-order valence-corrected chi connectivity index (χ2v) is 11.6. The molecule has 3 rings (SSSR count). The maximum absolute atomic E-state index is 4.09. The zero-order chi connectivity index (χ0) is 19.6. The zero-order valence-electron chi connectivity index (χ0n) is 18.2. The lowest BCUT2D eigenvalue weighted by Gasteiger charge is -2.41. The Balaban J connectivity index is 1.91. The van der Waals surface area contributed by atoms with E-state index in [4.69, 9.17) is 0 Å². The molecule has 4 atom stereocenters. The number of hydrogen-bond donors (Lipinski definition) is 1. The van der Waals surface area contributed by atoms with Gasteiger partial charge in [0.15, 0.2) is 0 Å². The summed E-state index contributed by atoms with van der Waals surface area (Å²) in [5.74, 6) is 0. The molecule has 148 valence electrons. The Labute approximate surface area is 168 Å². The van der Waals surface area contributed by atoms with Crippen molar-refractivity contribution in [1.29, 1.82) is 0 Å². The van der Waals surface area contributed by atoms with Crippen molar-refractivity contribution < 1.29 is 0 Å². The molecule has 0 saturated carbocycles. The predicted octanol–water partition coefficient (Wildman–Crippen LogP) is 7.60. The normalized spacial score (nSPS) is 31.0. The zero-order valence-corrected chi connectivity index (χ0v) is 19.1. The van der Waals surface area contributed by atoms with Crippen LogP contribution in [0.3, 0.4) is 0 Å². The number of aryl methyl sites for hydroxylation is 2. The van der Waals surface area contributed by atoms with Gasteiger partial charge in [-0.2, -0.15) is 0 Å². The molecule has 0 aromatic heterocycles. The Morgan fingerprint density at radius 3 is 2.41 bits per heavy atom. The summed E-state index contributed by atoms with van der Waals surface area (Å²) in [4.78, 5) is 0. The lowest BCUT2D eigenvalue weighted by molar-refractivity contribution is 0.384. The second-order valence-electron chi connectivity index (χ2n) is 9.26. The summed E-state index contributed by atoms with van der Waals surface area (Å²) in [6, 6.07) is 7.21. The smallest absolute Gasteiger partial charge is 0.0175 e. The van der Waals surface area contributed by atoms with Gasteiger partial charge in [0.25, 0.3) is 0 Å². The van der Waals surface area contributed by atoms with Crippen LogP contribution >= 0.6 is 8.07 Å². The van der Waals surface area contributed by atoms with Crippen molar-refractivity contribution in [3.8, 4) is 0 Å². The molecule has 0 bridgehead atoms. The van der Waals surface area contributed by atoms with E-state index in [1.807, 2.05) is 0 Å². The highest BCUT2D eigenvalue weighted by atomic mass is 31.1. The van der Waals surface area contributed by atoms with Gasteiger partial charge in [-0.3, -0.25) is 5.09 Å². The third-order valence-electron chi connectivity index (χ3n) is 6.29. The SMILES string of the molecule is CCCCNP1[C@H](C2(C)C=C(C)C=C(C)C2)CC[C@H]1c1cc(C)cc(C)c1. The van der Waals surface area contributed by atoms with Gasteiger partial charge < -0.3 is 0 Å². The van der Waals surface area contributed by atoms with Gasteiger partial charge in [-0.1, -0.05) is 72.9 Å². The second kappa shape index (κ2) is 8.62. The average Bonchev–Trinajstić information content (AvgIpc) is 2.97. The van der Waals surface area contributed by atoms with Crippen LogP contribution in [0.15, 0.2) is 41.5 Å². The maximum Gasteiger partial charge on any atom is 0.0175 e. The molecular formula is C25H38NP. The largest absolute Gasteiger partial charge is 0.295 e. The molecule has 0 radical (unpaired) electrons. The van der Waals surface area contributed by atoms with Gasteiger partial charge in [0.05, 0.1) is 0 Å². The summed E-state index contributed by atoms with van der Waals surface area (Å²) in [5, 5.41) is 4.09. The first-order valence-electron chi connectivity index (χ1n) is 10.8. The van der Waals surface area contributed by atoms with E-state index in [0.717, 1.165) is 5.66 Å². The van der Waals surface area contributed by atoms with Crippen LogP contribution in [0.4, 0.5) is 0 Å². The van der Waals surface area contributed by atoms with Crippen LogP contribution in [0.2, 0.25) is 0 Å². The van der Waals surface area contributed by atoms with Gasteiger partial charge in [-0.15, -0.1) is 0 Å². The molecule has 1 fully saturated rings. The minimum Gasteiger partial charge on any atom is -0.295 e. The molecule has 2 aliphatic rings.